The van der Waals surface area contributed by atoms with Crippen LogP contribution in [0.5, 0.6) is 0 Å². The lowest BCUT2D eigenvalue weighted by Gasteiger charge is -2.46. The smallest absolute Gasteiger partial charge is 0.310 e. The molecule has 5 rings (SSSR count). The number of hydrogen-bond donors (Lipinski definition) is 0. The number of carbonyl (C=O) groups is 1. The van der Waals surface area contributed by atoms with Gasteiger partial charge in [0.15, 0.2) is 0 Å². The van der Waals surface area contributed by atoms with Crippen LogP contribution < -0.4 is 0 Å². The molecular weight excluding hydrogens is 312 g/mol. The normalized spacial score (nSPS) is 31.0. The first-order chi connectivity index (χ1) is 12.2. The third kappa shape index (κ3) is 2.06. The fourth-order valence-electron chi connectivity index (χ4n) is 5.84. The molecule has 4 nitrogen and oxygen atoms in total. The number of carbonyl (C=O) groups excluding carboxylic acids is 1. The average Bonchev–Trinajstić information content (AvgIpc) is 2.88. The number of nitrogens with zero attached hydrogens (tertiary/aromatic N) is 2. The highest BCUT2D eigenvalue weighted by Crippen LogP contribution is 2.50. The maximum atomic E-state index is 12.7. The Labute approximate surface area is 148 Å². The van der Waals surface area contributed by atoms with Crippen molar-refractivity contribution in [2.24, 2.45) is 17.8 Å². The Balaban J connectivity index is 1.74. The van der Waals surface area contributed by atoms with E-state index in [1.54, 1.807) is 7.11 Å². The van der Waals surface area contributed by atoms with Crippen LogP contribution in [0.15, 0.2) is 24.3 Å². The Morgan fingerprint density at radius 3 is 2.92 bits per heavy atom. The van der Waals surface area contributed by atoms with E-state index in [4.69, 9.17) is 4.74 Å². The van der Waals surface area contributed by atoms with Crippen molar-refractivity contribution in [2.45, 2.75) is 38.8 Å². The number of piperidine rings is 1. The molecule has 0 unspecified atom stereocenters. The Morgan fingerprint density at radius 2 is 2.12 bits per heavy atom. The van der Waals surface area contributed by atoms with Gasteiger partial charge >= 0.3 is 5.97 Å². The summed E-state index contributed by atoms with van der Waals surface area (Å²) in [5.74, 6) is 0.978. The van der Waals surface area contributed by atoms with Crippen LogP contribution in [0.3, 0.4) is 0 Å². The van der Waals surface area contributed by atoms with Gasteiger partial charge in [-0.05, 0) is 36.3 Å². The molecule has 4 heteroatoms. The Bertz CT molecular complexity index is 840. The van der Waals surface area contributed by atoms with Gasteiger partial charge < -0.3 is 9.30 Å². The quantitative estimate of drug-likeness (QED) is 0.787. The van der Waals surface area contributed by atoms with E-state index in [0.29, 0.717) is 17.9 Å². The maximum absolute atomic E-state index is 12.7. The molecule has 25 heavy (non-hydrogen) atoms. The molecule has 1 aromatic heterocycles. The topological polar surface area (TPSA) is 34.5 Å². The zero-order valence-electron chi connectivity index (χ0n) is 15.1. The van der Waals surface area contributed by atoms with E-state index in [0.717, 1.165) is 38.9 Å². The Kier molecular flexibility index (Phi) is 3.46. The van der Waals surface area contributed by atoms with Crippen molar-refractivity contribution in [3.05, 3.63) is 35.5 Å². The molecule has 3 aliphatic rings. The number of esters is 1. The van der Waals surface area contributed by atoms with Gasteiger partial charge in [-0.15, -0.1) is 0 Å². The van der Waals surface area contributed by atoms with Crippen molar-refractivity contribution in [3.63, 3.8) is 0 Å². The van der Waals surface area contributed by atoms with Gasteiger partial charge in [-0.25, -0.2) is 0 Å². The number of benzene rings is 1. The van der Waals surface area contributed by atoms with Crippen molar-refractivity contribution >= 4 is 16.9 Å². The highest BCUT2D eigenvalue weighted by atomic mass is 16.5. The van der Waals surface area contributed by atoms with Crippen LogP contribution in [0.25, 0.3) is 10.9 Å². The number of rotatable bonds is 2. The minimum Gasteiger partial charge on any atom is -0.469 e. The molecule has 0 aliphatic carbocycles. The third-order valence-electron chi connectivity index (χ3n) is 7.02. The Hall–Kier alpha value is -1.81. The van der Waals surface area contributed by atoms with Crippen LogP contribution in [0.1, 0.15) is 37.1 Å². The number of para-hydroxylation sites is 1. The molecule has 132 valence electrons. The lowest BCUT2D eigenvalue weighted by atomic mass is 9.72. The summed E-state index contributed by atoms with van der Waals surface area (Å²) in [7, 11) is 1.54. The number of fused-ring (bicyclic) bond motifs is 4. The fourth-order valence-corrected chi connectivity index (χ4v) is 5.84. The number of hydrogen-bond acceptors (Lipinski definition) is 3. The zero-order valence-corrected chi connectivity index (χ0v) is 15.1. The second-order valence-corrected chi connectivity index (χ2v) is 7.95. The molecule has 1 fully saturated rings. The predicted octanol–water partition coefficient (Wildman–Crippen LogP) is 3.39. The van der Waals surface area contributed by atoms with Crippen LogP contribution in [0, 0.1) is 17.8 Å². The van der Waals surface area contributed by atoms with Crippen LogP contribution in [0.4, 0.5) is 0 Å². The first-order valence-electron chi connectivity index (χ1n) is 9.64. The van der Waals surface area contributed by atoms with E-state index in [9.17, 15) is 4.79 Å². The van der Waals surface area contributed by atoms with Gasteiger partial charge in [0.25, 0.3) is 0 Å². The molecule has 3 aliphatic heterocycles. The van der Waals surface area contributed by atoms with Gasteiger partial charge in [0.2, 0.25) is 0 Å². The largest absolute Gasteiger partial charge is 0.469 e. The predicted molar refractivity (Wildman–Crippen MR) is 97.4 cm³/mol. The average molecular weight is 338 g/mol. The first kappa shape index (κ1) is 15.4. The second-order valence-electron chi connectivity index (χ2n) is 7.95. The van der Waals surface area contributed by atoms with Crippen LogP contribution in [-0.4, -0.2) is 35.6 Å². The second kappa shape index (κ2) is 5.60. The molecular formula is C21H26N2O2. The van der Waals surface area contributed by atoms with E-state index in [-0.39, 0.29) is 11.9 Å². The molecule has 1 saturated heterocycles. The minimum atomic E-state index is -0.0259. The van der Waals surface area contributed by atoms with Gasteiger partial charge in [0.1, 0.15) is 0 Å². The van der Waals surface area contributed by atoms with E-state index in [2.05, 4.69) is 40.7 Å². The lowest BCUT2D eigenvalue weighted by molar-refractivity contribution is -0.150. The van der Waals surface area contributed by atoms with Crippen molar-refractivity contribution in [1.82, 2.24) is 9.47 Å². The van der Waals surface area contributed by atoms with Gasteiger partial charge in [-0.2, -0.15) is 0 Å². The van der Waals surface area contributed by atoms with Gasteiger partial charge in [0.05, 0.1) is 19.1 Å². The summed E-state index contributed by atoms with van der Waals surface area (Å²) in [5, 5.41) is 1.39. The van der Waals surface area contributed by atoms with Gasteiger partial charge in [0, 0.05) is 36.2 Å². The zero-order chi connectivity index (χ0) is 17.1. The summed E-state index contributed by atoms with van der Waals surface area (Å²) in [4.78, 5) is 15.4. The van der Waals surface area contributed by atoms with E-state index < -0.39 is 0 Å². The molecule has 0 N–H and O–H groups in total. The summed E-state index contributed by atoms with van der Waals surface area (Å²) >= 11 is 0. The number of ether oxygens (including phenoxy) is 1. The molecule has 2 aromatic rings. The Morgan fingerprint density at radius 1 is 1.28 bits per heavy atom. The van der Waals surface area contributed by atoms with E-state index >= 15 is 0 Å². The van der Waals surface area contributed by atoms with Crippen molar-refractivity contribution in [3.8, 4) is 0 Å². The summed E-state index contributed by atoms with van der Waals surface area (Å²) in [6.45, 7) is 5.32. The summed E-state index contributed by atoms with van der Waals surface area (Å²) < 4.78 is 7.70. The standard InChI is InChI=1S/C21H26N2O2/c1-3-13-11-22-9-8-15-14-6-4-5-7-18(14)23-12-17(21(24)25-2)16(13)10-19(22)20(15)23/h4-7,13,16-17,19H,3,8-12H2,1-2H3/t13-,16+,17-,19+/m1/s1. The molecule has 4 heterocycles. The molecule has 1 aromatic carbocycles. The summed E-state index contributed by atoms with van der Waals surface area (Å²) in [6, 6.07) is 9.20. The third-order valence-corrected chi connectivity index (χ3v) is 7.02. The van der Waals surface area contributed by atoms with Crippen LogP contribution in [0.2, 0.25) is 0 Å². The molecule has 0 spiro atoms. The van der Waals surface area contributed by atoms with Crippen LogP contribution in [-0.2, 0) is 22.5 Å². The molecule has 0 saturated carbocycles. The number of aromatic nitrogens is 1. The van der Waals surface area contributed by atoms with Gasteiger partial charge in [-0.3, -0.25) is 9.69 Å². The van der Waals surface area contributed by atoms with Crippen molar-refractivity contribution in [1.29, 1.82) is 0 Å². The highest BCUT2D eigenvalue weighted by Gasteiger charge is 2.48. The SMILES string of the molecule is CC[C@@H]1CN2CCc3c4n(c5ccccc35)C[C@@H](C(=O)OC)[C@H]1C[C@@H]42. The minimum absolute atomic E-state index is 0.0254. The lowest BCUT2D eigenvalue weighted by Crippen LogP contribution is -2.47. The molecule has 0 amide bonds. The van der Waals surface area contributed by atoms with E-state index in [1.165, 1.54) is 22.2 Å². The summed E-state index contributed by atoms with van der Waals surface area (Å²) in [6.07, 6.45) is 3.37. The maximum Gasteiger partial charge on any atom is 0.310 e. The van der Waals surface area contributed by atoms with E-state index in [1.807, 2.05) is 0 Å². The first-order valence-corrected chi connectivity index (χ1v) is 9.64. The fraction of sp³-hybridized carbons (Fsp3) is 0.571. The summed E-state index contributed by atoms with van der Waals surface area (Å²) in [5.41, 5.74) is 4.30. The monoisotopic (exact) mass is 338 g/mol. The van der Waals surface area contributed by atoms with Crippen molar-refractivity contribution in [2.75, 3.05) is 20.2 Å². The molecule has 0 radical (unpaired) electrons. The highest BCUT2D eigenvalue weighted by molar-refractivity contribution is 5.86. The van der Waals surface area contributed by atoms with Gasteiger partial charge in [-0.1, -0.05) is 31.5 Å². The van der Waals surface area contributed by atoms with Crippen LogP contribution >= 0.6 is 0 Å². The number of methoxy groups -OCH3 is 1. The van der Waals surface area contributed by atoms with Crippen molar-refractivity contribution < 1.29 is 9.53 Å². The molecule has 4 atom stereocenters. The molecule has 2 bridgehead atoms.